The predicted molar refractivity (Wildman–Crippen MR) is 92.5 cm³/mol. The number of piperidine rings is 1. The average molecular weight is 339 g/mol. The fourth-order valence-corrected chi connectivity index (χ4v) is 3.84. The molecule has 2 saturated heterocycles. The monoisotopic (exact) mass is 339 g/mol. The number of hydrogen-bond donors (Lipinski definition) is 1. The first-order valence-electron chi connectivity index (χ1n) is 8.52. The second kappa shape index (κ2) is 6.31. The van der Waals surface area contributed by atoms with Crippen molar-refractivity contribution >= 4 is 11.7 Å². The molecule has 130 valence electrons. The van der Waals surface area contributed by atoms with Crippen molar-refractivity contribution in [3.8, 4) is 5.88 Å². The van der Waals surface area contributed by atoms with Crippen molar-refractivity contribution < 1.29 is 9.53 Å². The van der Waals surface area contributed by atoms with E-state index in [0.717, 1.165) is 43.7 Å². The maximum absolute atomic E-state index is 12.5. The lowest BCUT2D eigenvalue weighted by molar-refractivity contribution is -0.121. The molecule has 0 radical (unpaired) electrons. The average Bonchev–Trinajstić information content (AvgIpc) is 2.99. The molecule has 1 amide bonds. The van der Waals surface area contributed by atoms with E-state index in [-0.39, 0.29) is 17.4 Å². The molecular formula is C18H21N5O2. The van der Waals surface area contributed by atoms with Gasteiger partial charge in [0.05, 0.1) is 13.0 Å². The molecular weight excluding hydrogens is 318 g/mol. The quantitative estimate of drug-likeness (QED) is 0.913. The molecule has 0 bridgehead atoms. The van der Waals surface area contributed by atoms with Crippen molar-refractivity contribution in [2.75, 3.05) is 25.1 Å². The zero-order chi connectivity index (χ0) is 17.3. The van der Waals surface area contributed by atoms with Crippen LogP contribution < -0.4 is 15.0 Å². The Hall–Kier alpha value is -2.70. The smallest absolute Gasteiger partial charge is 0.228 e. The fourth-order valence-electron chi connectivity index (χ4n) is 3.84. The van der Waals surface area contributed by atoms with Gasteiger partial charge < -0.3 is 15.0 Å². The number of carbonyl (C=O) groups is 1. The third-order valence-corrected chi connectivity index (χ3v) is 5.27. The van der Waals surface area contributed by atoms with E-state index in [1.807, 2.05) is 18.2 Å². The summed E-state index contributed by atoms with van der Waals surface area (Å²) >= 11 is 0. The van der Waals surface area contributed by atoms with Crippen molar-refractivity contribution in [3.05, 3.63) is 42.5 Å². The molecule has 1 atom stereocenters. The van der Waals surface area contributed by atoms with E-state index in [9.17, 15) is 4.79 Å². The van der Waals surface area contributed by atoms with E-state index in [4.69, 9.17) is 4.74 Å². The summed E-state index contributed by atoms with van der Waals surface area (Å²) in [5.74, 6) is 1.45. The Balaban J connectivity index is 1.45. The van der Waals surface area contributed by atoms with E-state index < -0.39 is 0 Å². The van der Waals surface area contributed by atoms with Gasteiger partial charge >= 0.3 is 0 Å². The van der Waals surface area contributed by atoms with E-state index in [1.54, 1.807) is 19.5 Å². The Bertz CT molecular complexity index is 759. The van der Waals surface area contributed by atoms with Gasteiger partial charge in [0.25, 0.3) is 0 Å². The molecule has 2 aromatic heterocycles. The lowest BCUT2D eigenvalue weighted by atomic mass is 9.82. The fraction of sp³-hybridized carbons (Fsp3) is 0.444. The summed E-state index contributed by atoms with van der Waals surface area (Å²) in [7, 11) is 1.60. The lowest BCUT2D eigenvalue weighted by Crippen LogP contribution is -2.51. The Morgan fingerprint density at radius 3 is 2.88 bits per heavy atom. The molecule has 2 aliphatic rings. The van der Waals surface area contributed by atoms with Gasteiger partial charge in [-0.05, 0) is 30.9 Å². The van der Waals surface area contributed by atoms with Crippen LogP contribution in [0.25, 0.3) is 0 Å². The molecule has 4 rings (SSSR count). The molecule has 1 N–H and O–H groups in total. The Morgan fingerprint density at radius 1 is 1.32 bits per heavy atom. The molecule has 7 nitrogen and oxygen atoms in total. The highest BCUT2D eigenvalue weighted by molar-refractivity contribution is 5.87. The highest BCUT2D eigenvalue weighted by Gasteiger charge is 2.46. The minimum atomic E-state index is -0.120. The van der Waals surface area contributed by atoms with Crippen LogP contribution in [0.1, 0.15) is 30.7 Å². The van der Waals surface area contributed by atoms with Gasteiger partial charge in [-0.1, -0.05) is 6.07 Å². The second-order valence-corrected chi connectivity index (χ2v) is 6.72. The van der Waals surface area contributed by atoms with Gasteiger partial charge in [-0.3, -0.25) is 9.78 Å². The van der Waals surface area contributed by atoms with Crippen LogP contribution in [0.4, 0.5) is 5.82 Å². The highest BCUT2D eigenvalue weighted by atomic mass is 16.5. The highest BCUT2D eigenvalue weighted by Crippen LogP contribution is 2.39. The SMILES string of the molecule is COc1cc(N2CCC3(CC2)C[C@@H](c2cccnc2)C(=O)N3)ncn1. The number of anilines is 1. The minimum Gasteiger partial charge on any atom is -0.481 e. The van der Waals surface area contributed by atoms with Crippen LogP contribution in [0.5, 0.6) is 5.88 Å². The molecule has 0 saturated carbocycles. The number of hydrogen-bond acceptors (Lipinski definition) is 6. The van der Waals surface area contributed by atoms with Crippen LogP contribution in [-0.2, 0) is 4.79 Å². The number of carbonyl (C=O) groups excluding carboxylic acids is 1. The summed E-state index contributed by atoms with van der Waals surface area (Å²) in [6.07, 6.45) is 7.70. The van der Waals surface area contributed by atoms with Crippen LogP contribution >= 0.6 is 0 Å². The maximum atomic E-state index is 12.5. The summed E-state index contributed by atoms with van der Waals surface area (Å²) in [6.45, 7) is 1.69. The summed E-state index contributed by atoms with van der Waals surface area (Å²) in [4.78, 5) is 27.3. The zero-order valence-corrected chi connectivity index (χ0v) is 14.2. The van der Waals surface area contributed by atoms with Gasteiger partial charge in [-0.15, -0.1) is 0 Å². The minimum absolute atomic E-state index is 0.0978. The molecule has 0 unspecified atom stereocenters. The van der Waals surface area contributed by atoms with Gasteiger partial charge in [-0.2, -0.15) is 0 Å². The van der Waals surface area contributed by atoms with Crippen LogP contribution in [-0.4, -0.2) is 46.6 Å². The van der Waals surface area contributed by atoms with Crippen molar-refractivity contribution in [3.63, 3.8) is 0 Å². The third-order valence-electron chi connectivity index (χ3n) is 5.27. The van der Waals surface area contributed by atoms with Crippen LogP contribution in [0.3, 0.4) is 0 Å². The third kappa shape index (κ3) is 3.01. The predicted octanol–water partition coefficient (Wildman–Crippen LogP) is 1.52. The number of methoxy groups -OCH3 is 1. The number of nitrogens with one attached hydrogen (secondary N) is 1. The van der Waals surface area contributed by atoms with Gasteiger partial charge in [-0.25, -0.2) is 9.97 Å². The van der Waals surface area contributed by atoms with E-state index >= 15 is 0 Å². The first kappa shape index (κ1) is 15.8. The van der Waals surface area contributed by atoms with Gasteiger partial charge in [0.15, 0.2) is 0 Å². The summed E-state index contributed by atoms with van der Waals surface area (Å²) in [5.41, 5.74) is 0.880. The van der Waals surface area contributed by atoms with Crippen molar-refractivity contribution in [1.82, 2.24) is 20.3 Å². The lowest BCUT2D eigenvalue weighted by Gasteiger charge is -2.39. The summed E-state index contributed by atoms with van der Waals surface area (Å²) in [6, 6.07) is 5.72. The molecule has 2 aliphatic heterocycles. The summed E-state index contributed by atoms with van der Waals surface area (Å²) in [5, 5.41) is 3.26. The molecule has 2 aromatic rings. The number of rotatable bonds is 3. The first-order chi connectivity index (χ1) is 12.2. The number of ether oxygens (including phenoxy) is 1. The van der Waals surface area contributed by atoms with Gasteiger partial charge in [0.2, 0.25) is 11.8 Å². The van der Waals surface area contributed by atoms with Crippen molar-refractivity contribution in [2.45, 2.75) is 30.7 Å². The second-order valence-electron chi connectivity index (χ2n) is 6.72. The van der Waals surface area contributed by atoms with Gasteiger partial charge in [0.1, 0.15) is 12.1 Å². The van der Waals surface area contributed by atoms with Crippen LogP contribution in [0.2, 0.25) is 0 Å². The van der Waals surface area contributed by atoms with E-state index in [1.165, 1.54) is 6.33 Å². The topological polar surface area (TPSA) is 80.2 Å². The molecule has 0 aromatic carbocycles. The molecule has 1 spiro atoms. The standard InChI is InChI=1S/C18H21N5O2/c1-25-16-9-15(20-12-21-16)23-7-4-18(5-8-23)10-14(17(24)22-18)13-3-2-6-19-11-13/h2-3,6,9,11-12,14H,4-5,7-8,10H2,1H3,(H,22,24)/t14-/m0/s1. The molecule has 4 heterocycles. The van der Waals surface area contributed by atoms with Crippen molar-refractivity contribution in [1.29, 1.82) is 0 Å². The molecule has 25 heavy (non-hydrogen) atoms. The summed E-state index contributed by atoms with van der Waals surface area (Å²) < 4.78 is 5.18. The molecule has 0 aliphatic carbocycles. The maximum Gasteiger partial charge on any atom is 0.228 e. The first-order valence-corrected chi connectivity index (χ1v) is 8.52. The van der Waals surface area contributed by atoms with Crippen molar-refractivity contribution in [2.24, 2.45) is 0 Å². The van der Waals surface area contributed by atoms with Gasteiger partial charge in [0, 0.05) is 37.1 Å². The zero-order valence-electron chi connectivity index (χ0n) is 14.2. The number of aromatic nitrogens is 3. The van der Waals surface area contributed by atoms with E-state index in [2.05, 4.69) is 25.2 Å². The largest absolute Gasteiger partial charge is 0.481 e. The molecule has 2 fully saturated rings. The molecule has 7 heteroatoms. The number of nitrogens with zero attached hydrogens (tertiary/aromatic N) is 4. The van der Waals surface area contributed by atoms with E-state index in [0.29, 0.717) is 5.88 Å². The Labute approximate surface area is 146 Å². The Kier molecular flexibility index (Phi) is 3.99. The Morgan fingerprint density at radius 2 is 2.16 bits per heavy atom. The normalized spacial score (nSPS) is 22.0. The van der Waals surface area contributed by atoms with Crippen LogP contribution in [0, 0.1) is 0 Å². The van der Waals surface area contributed by atoms with Crippen LogP contribution in [0.15, 0.2) is 36.9 Å². The number of amides is 1. The number of pyridine rings is 1.